The Labute approximate surface area is 747 Å². The minimum absolute atomic E-state index is 0.139. The Morgan fingerprint density at radius 3 is 1.15 bits per heavy atom. The second-order valence-corrected chi connectivity index (χ2v) is 34.3. The fourth-order valence-corrected chi connectivity index (χ4v) is 17.7. The van der Waals surface area contributed by atoms with Gasteiger partial charge in [-0.15, -0.1) is 34.0 Å². The second kappa shape index (κ2) is 38.9. The van der Waals surface area contributed by atoms with Crippen LogP contribution in [0.1, 0.15) is 72.7 Å². The molecule has 124 heavy (non-hydrogen) atoms. The van der Waals surface area contributed by atoms with E-state index >= 15 is 0 Å². The van der Waals surface area contributed by atoms with Crippen molar-refractivity contribution in [3.05, 3.63) is 266 Å². The summed E-state index contributed by atoms with van der Waals surface area (Å²) in [4.78, 5) is 85.3. The highest BCUT2D eigenvalue weighted by atomic mass is 35.5. The molecule has 0 radical (unpaired) electrons. The molecule has 0 saturated heterocycles. The molecule has 0 bridgehead atoms. The van der Waals surface area contributed by atoms with Crippen LogP contribution in [0.4, 0.5) is 61.2 Å². The van der Waals surface area contributed by atoms with Gasteiger partial charge in [-0.1, -0.05) is 88.3 Å². The van der Waals surface area contributed by atoms with Gasteiger partial charge < -0.3 is 51.1 Å². The molecule has 42 heteroatoms. The fourth-order valence-electron chi connectivity index (χ4n) is 14.2. The Hall–Kier alpha value is -12.5. The molecule has 0 saturated carbocycles. The van der Waals surface area contributed by atoms with Crippen molar-refractivity contribution in [1.82, 2.24) is 105 Å². The maximum atomic E-state index is 12.8. The molecular weight excluding hydrogens is 1770 g/mol. The first-order valence-corrected chi connectivity index (χ1v) is 43.9. The number of halogens is 7. The molecule has 0 atom stereocenters. The number of aromatic nitrogens is 16. The zero-order chi connectivity index (χ0) is 85.9. The Morgan fingerprint density at radius 2 is 0.790 bits per heavy atom. The van der Waals surface area contributed by atoms with Gasteiger partial charge in [0, 0.05) is 216 Å². The lowest BCUT2D eigenvalue weighted by Crippen LogP contribution is -2.39. The van der Waals surface area contributed by atoms with Crippen LogP contribution in [-0.4, -0.2) is 167 Å². The molecular formula is C82H73Cl5F2N26O5S4. The highest BCUT2D eigenvalue weighted by molar-refractivity contribution is 7.13. The van der Waals surface area contributed by atoms with Crippen molar-refractivity contribution in [2.75, 3.05) is 59.3 Å². The number of hydrogen-bond acceptors (Lipinski definition) is 19. The summed E-state index contributed by atoms with van der Waals surface area (Å²) < 4.78 is 31.5. The quantitative estimate of drug-likeness (QED) is 0.0575. The van der Waals surface area contributed by atoms with Crippen LogP contribution in [0.2, 0.25) is 25.1 Å². The summed E-state index contributed by atoms with van der Waals surface area (Å²) in [6, 6.07) is 38.3. The van der Waals surface area contributed by atoms with Gasteiger partial charge in [-0.05, 0) is 122 Å². The highest BCUT2D eigenvalue weighted by Crippen LogP contribution is 2.37. The first-order valence-electron chi connectivity index (χ1n) is 38.6. The summed E-state index contributed by atoms with van der Waals surface area (Å²) >= 11 is 35.2. The average molecular weight is 1850 g/mol. The number of thiazole rings is 3. The summed E-state index contributed by atoms with van der Waals surface area (Å²) in [7, 11) is 0. The molecule has 5 aliphatic heterocycles. The van der Waals surface area contributed by atoms with E-state index in [-0.39, 0.29) is 35.2 Å². The maximum absolute atomic E-state index is 12.8. The van der Waals surface area contributed by atoms with Gasteiger partial charge in [0.2, 0.25) is 0 Å². The first-order chi connectivity index (χ1) is 60.2. The number of anilines is 5. The molecule has 15 aromatic rings. The van der Waals surface area contributed by atoms with E-state index < -0.39 is 6.43 Å². The van der Waals surface area contributed by atoms with Gasteiger partial charge in [-0.25, -0.2) is 56.8 Å². The molecule has 31 nitrogen and oxygen atoms in total. The number of aryl methyl sites for hydroxylation is 1. The zero-order valence-corrected chi connectivity index (χ0v) is 72.4. The van der Waals surface area contributed by atoms with Crippen LogP contribution in [0, 0.1) is 6.92 Å². The number of urea groups is 5. The van der Waals surface area contributed by atoms with E-state index in [0.29, 0.717) is 137 Å². The van der Waals surface area contributed by atoms with Crippen molar-refractivity contribution >= 4 is 162 Å². The molecule has 10 N–H and O–H groups in total. The number of nitrogens with zero attached hydrogens (tertiary/aromatic N) is 16. The molecule has 634 valence electrons. The molecule has 0 aliphatic carbocycles. The zero-order valence-electron chi connectivity index (χ0n) is 65.4. The summed E-state index contributed by atoms with van der Waals surface area (Å²) in [6.07, 6.45) is 8.01. The van der Waals surface area contributed by atoms with Crippen molar-refractivity contribution in [1.29, 1.82) is 0 Å². The van der Waals surface area contributed by atoms with Crippen LogP contribution in [0.15, 0.2) is 174 Å². The fraction of sp³-hybridized carbons (Fsp3) is 0.207. The average Bonchev–Trinajstić information content (AvgIpc) is 1.66. The van der Waals surface area contributed by atoms with Crippen molar-refractivity contribution < 1.29 is 32.8 Å². The number of H-pyrrole nitrogens is 5. The molecule has 15 heterocycles. The lowest BCUT2D eigenvalue weighted by Gasteiger charge is -2.27. The third-order valence-corrected chi connectivity index (χ3v) is 24.6. The minimum Gasteiger partial charge on any atom is -0.320 e. The van der Waals surface area contributed by atoms with Crippen LogP contribution >= 0.6 is 104 Å². The van der Waals surface area contributed by atoms with Gasteiger partial charge in [0.05, 0.1) is 42.6 Å². The van der Waals surface area contributed by atoms with Gasteiger partial charge in [0.1, 0.15) is 39.2 Å². The first kappa shape index (κ1) is 85.1. The molecule has 0 unspecified atom stereocenters. The van der Waals surface area contributed by atoms with Gasteiger partial charge >= 0.3 is 30.2 Å². The number of amides is 10. The highest BCUT2D eigenvalue weighted by Gasteiger charge is 2.33. The number of nitrogens with one attached hydrogen (secondary N) is 10. The summed E-state index contributed by atoms with van der Waals surface area (Å²) in [5.41, 5.74) is 17.8. The molecule has 10 amide bonds. The predicted molar refractivity (Wildman–Crippen MR) is 477 cm³/mol. The van der Waals surface area contributed by atoms with Crippen LogP contribution in [0.3, 0.4) is 0 Å². The summed E-state index contributed by atoms with van der Waals surface area (Å²) in [6.45, 7) is 7.35. The molecule has 10 aromatic heterocycles. The van der Waals surface area contributed by atoms with E-state index in [1.54, 1.807) is 143 Å². The van der Waals surface area contributed by atoms with E-state index in [1.807, 2.05) is 78.5 Å². The maximum Gasteiger partial charge on any atom is 0.322 e. The van der Waals surface area contributed by atoms with Crippen LogP contribution in [0.5, 0.6) is 0 Å². The Morgan fingerprint density at radius 1 is 0.419 bits per heavy atom. The van der Waals surface area contributed by atoms with E-state index in [1.165, 1.54) is 22.9 Å². The minimum atomic E-state index is -2.61. The van der Waals surface area contributed by atoms with E-state index in [2.05, 4.69) is 102 Å². The normalized spacial score (nSPS) is 13.6. The van der Waals surface area contributed by atoms with Gasteiger partial charge in [-0.2, -0.15) is 30.6 Å². The van der Waals surface area contributed by atoms with Crippen molar-refractivity contribution in [3.63, 3.8) is 0 Å². The smallest absolute Gasteiger partial charge is 0.320 e. The number of carbonyl (C=O) groups excluding carboxylic acids is 5. The van der Waals surface area contributed by atoms with E-state index in [0.717, 1.165) is 137 Å². The molecule has 20 rings (SSSR count). The van der Waals surface area contributed by atoms with Gasteiger partial charge in [-0.3, -0.25) is 25.5 Å². The van der Waals surface area contributed by atoms with Crippen LogP contribution < -0.4 is 26.6 Å². The third kappa shape index (κ3) is 20.6. The lowest BCUT2D eigenvalue weighted by atomic mass is 10.0. The monoisotopic (exact) mass is 1840 g/mol. The Balaban J connectivity index is 0.000000115. The molecule has 5 aliphatic rings. The van der Waals surface area contributed by atoms with Crippen molar-refractivity contribution in [2.45, 2.75) is 78.2 Å². The third-order valence-electron chi connectivity index (χ3n) is 20.3. The number of aromatic amines is 5. The topological polar surface area (TPSA) is 374 Å². The Bertz CT molecular complexity index is 5940. The second-order valence-electron chi connectivity index (χ2n) is 28.5. The molecule has 0 fully saturated rings. The van der Waals surface area contributed by atoms with Gasteiger partial charge in [0.25, 0.3) is 6.43 Å². The summed E-state index contributed by atoms with van der Waals surface area (Å²) in [5.74, 6) is 0.732. The number of rotatable bonds is 11. The van der Waals surface area contributed by atoms with E-state index in [4.69, 9.17) is 58.0 Å². The van der Waals surface area contributed by atoms with Gasteiger partial charge in [0.15, 0.2) is 10.8 Å². The van der Waals surface area contributed by atoms with Crippen LogP contribution in [-0.2, 0) is 64.8 Å². The van der Waals surface area contributed by atoms with Crippen LogP contribution in [0.25, 0.3) is 49.9 Å². The SMILES string of the molecule is Cc1nc(-c2n[nH]c3c2CN(C(=O)Nc2cccc(Cl)c2)CC3)cs1.O=C(Nc1cccc(Cl)c1)N1CCc2[nH]nc(-c3ccns3)c2C1.O=C(Nc1cccc(Cl)c1)N1CCc2[nH]nc(-c3csc(C(F)F)n3)c2C1.O=C(Nc1cccc(Cl)c1)N1CCc2[nH]nc(-c3nccs3)c2C1.O=C(Nc1cccc(Cl)c1)N1CCc2[nH]nc(-n3cccn3)c2C1. The summed E-state index contributed by atoms with van der Waals surface area (Å²) in [5, 5.41) is 65.5. The Kier molecular flexibility index (Phi) is 26.7. The predicted octanol–water partition coefficient (Wildman–Crippen LogP) is 19.2. The number of carbonyl (C=O) groups is 5. The largest absolute Gasteiger partial charge is 0.322 e. The number of hydrogen-bond donors (Lipinski definition) is 10. The standard InChI is InChI=1S/C17H14ClF2N5OS.C17H16ClN5OS.C16H15ClN6O.2C16H14ClN5OS/c18-9-2-1-3-10(6-9)21-17(26)25-5-4-12-11(7-25)14(24-23-12)13-8-27-16(22-13)15(19)20;1-10-19-15(9-25-10)16-13-8-23(6-5-14(13)21-22-16)17(24)20-12-4-2-3-11(18)7-12;17-11-3-1-4-12(9-11)19-16(24)22-8-5-14-13(10-22)15(21-20-14)23-7-2-6-18-23;17-10-2-1-3-11(8-10)19-16(23)22-7-5-13-12(9-22)15(21-20-13)14-4-6-18-24-14;17-10-2-1-3-11(8-10)19-16(23)22-6-4-13-12(9-22)14(21-20-13)15-18-5-7-24-15/h1-3,6,8,15H,4-5,7H2,(H,21,26)(H,23,24);2-4,7,9H,5-6,8H2,1H3,(H,20,24)(H,21,22);1-4,6-7,9H,5,8,10H2,(H,19,24)(H,20,21);1-4,6,8H,5,7,9H2,(H,19,23)(H,20,21);1-3,5,7-8H,4,6,9H2,(H,19,23)(H,20,21). The lowest BCUT2D eigenvalue weighted by molar-refractivity contribution is 0.151. The number of fused-ring (bicyclic) bond motifs is 5. The number of alkyl halides is 2. The van der Waals surface area contributed by atoms with E-state index in [9.17, 15) is 32.8 Å². The molecule has 0 spiro atoms. The number of benzene rings is 5. The van der Waals surface area contributed by atoms with Crippen molar-refractivity contribution in [2.24, 2.45) is 0 Å². The molecule has 5 aromatic carbocycles. The van der Waals surface area contributed by atoms with Crippen molar-refractivity contribution in [3.8, 4) is 49.9 Å².